The molecule has 0 fully saturated rings. The molecule has 0 aliphatic carbocycles. The zero-order valence-electron chi connectivity index (χ0n) is 15.8. The maximum absolute atomic E-state index is 12.3. The standard InChI is InChI=1S/C25H20N2O2/c28-25(27-21-12-5-2-6-13-21)18-29-24-16-15-19-9-7-8-14-22(19)23(24)17-26-20-10-3-1-4-11-20/h1-17H,18H2,(H,27,28). The van der Waals surface area contributed by atoms with Crippen LogP contribution >= 0.6 is 0 Å². The Kier molecular flexibility index (Phi) is 5.63. The van der Waals surface area contributed by atoms with Crippen LogP contribution in [0.5, 0.6) is 5.75 Å². The van der Waals surface area contributed by atoms with Gasteiger partial charge in [0.1, 0.15) is 5.75 Å². The number of benzene rings is 4. The van der Waals surface area contributed by atoms with Crippen LogP contribution in [0.1, 0.15) is 5.56 Å². The highest BCUT2D eigenvalue weighted by Gasteiger charge is 2.10. The number of hydrogen-bond donors (Lipinski definition) is 1. The van der Waals surface area contributed by atoms with E-state index in [1.165, 1.54) is 0 Å². The van der Waals surface area contributed by atoms with Crippen molar-refractivity contribution in [2.24, 2.45) is 4.99 Å². The summed E-state index contributed by atoms with van der Waals surface area (Å²) >= 11 is 0. The molecule has 0 radical (unpaired) electrons. The molecule has 1 amide bonds. The fraction of sp³-hybridized carbons (Fsp3) is 0.0400. The Morgan fingerprint density at radius 3 is 2.31 bits per heavy atom. The summed E-state index contributed by atoms with van der Waals surface area (Å²) in [6.45, 7) is -0.0839. The predicted molar refractivity (Wildman–Crippen MR) is 118 cm³/mol. The van der Waals surface area contributed by atoms with Gasteiger partial charge in [-0.1, -0.05) is 66.7 Å². The van der Waals surface area contributed by atoms with Crippen LogP contribution in [0.4, 0.5) is 11.4 Å². The summed E-state index contributed by atoms with van der Waals surface area (Å²) in [6, 6.07) is 31.0. The topological polar surface area (TPSA) is 50.7 Å². The van der Waals surface area contributed by atoms with E-state index in [1.54, 1.807) is 6.21 Å². The minimum absolute atomic E-state index is 0.0839. The van der Waals surface area contributed by atoms with Gasteiger partial charge in [-0.15, -0.1) is 0 Å². The van der Waals surface area contributed by atoms with Crippen molar-refractivity contribution < 1.29 is 9.53 Å². The van der Waals surface area contributed by atoms with Gasteiger partial charge in [0.2, 0.25) is 0 Å². The number of carbonyl (C=O) groups is 1. The number of carbonyl (C=O) groups excluding carboxylic acids is 1. The molecule has 4 nitrogen and oxygen atoms in total. The molecular weight excluding hydrogens is 360 g/mol. The Bertz CT molecular complexity index is 1140. The zero-order valence-corrected chi connectivity index (χ0v) is 15.8. The second kappa shape index (κ2) is 8.85. The summed E-state index contributed by atoms with van der Waals surface area (Å²) in [5.74, 6) is 0.405. The van der Waals surface area contributed by atoms with Gasteiger partial charge >= 0.3 is 0 Å². The van der Waals surface area contributed by atoms with E-state index in [9.17, 15) is 4.79 Å². The van der Waals surface area contributed by atoms with Crippen molar-refractivity contribution in [2.75, 3.05) is 11.9 Å². The SMILES string of the molecule is O=C(COc1ccc2ccccc2c1C=Nc1ccccc1)Nc1ccccc1. The van der Waals surface area contributed by atoms with Gasteiger partial charge in [-0.3, -0.25) is 9.79 Å². The van der Waals surface area contributed by atoms with Crippen molar-refractivity contribution >= 4 is 34.3 Å². The number of rotatable bonds is 6. The minimum Gasteiger partial charge on any atom is -0.483 e. The van der Waals surface area contributed by atoms with E-state index < -0.39 is 0 Å². The molecule has 0 aliphatic rings. The molecule has 4 rings (SSSR count). The lowest BCUT2D eigenvalue weighted by Gasteiger charge is -2.12. The summed E-state index contributed by atoms with van der Waals surface area (Å²) in [5, 5.41) is 4.94. The molecule has 0 spiro atoms. The molecule has 0 aliphatic heterocycles. The van der Waals surface area contributed by atoms with E-state index >= 15 is 0 Å². The number of fused-ring (bicyclic) bond motifs is 1. The molecule has 0 aromatic heterocycles. The first-order chi connectivity index (χ1) is 14.3. The van der Waals surface area contributed by atoms with E-state index in [0.29, 0.717) is 5.75 Å². The van der Waals surface area contributed by atoms with Crippen molar-refractivity contribution in [3.63, 3.8) is 0 Å². The van der Waals surface area contributed by atoms with Crippen LogP contribution in [-0.2, 0) is 4.79 Å². The number of para-hydroxylation sites is 2. The molecule has 0 atom stereocenters. The Morgan fingerprint density at radius 2 is 1.52 bits per heavy atom. The lowest BCUT2D eigenvalue weighted by molar-refractivity contribution is -0.118. The van der Waals surface area contributed by atoms with Crippen molar-refractivity contribution in [3.05, 3.63) is 103 Å². The van der Waals surface area contributed by atoms with Gasteiger partial charge < -0.3 is 10.1 Å². The highest BCUT2D eigenvalue weighted by molar-refractivity contribution is 6.03. The van der Waals surface area contributed by atoms with Gasteiger partial charge in [0.15, 0.2) is 6.61 Å². The second-order valence-electron chi connectivity index (χ2n) is 6.50. The smallest absolute Gasteiger partial charge is 0.262 e. The van der Waals surface area contributed by atoms with E-state index in [2.05, 4.69) is 10.3 Å². The van der Waals surface area contributed by atoms with E-state index in [4.69, 9.17) is 4.74 Å². The highest BCUT2D eigenvalue weighted by Crippen LogP contribution is 2.27. The lowest BCUT2D eigenvalue weighted by atomic mass is 10.0. The fourth-order valence-corrected chi connectivity index (χ4v) is 3.05. The van der Waals surface area contributed by atoms with Crippen molar-refractivity contribution in [1.82, 2.24) is 0 Å². The summed E-state index contributed by atoms with van der Waals surface area (Å²) in [5.41, 5.74) is 2.44. The Balaban J connectivity index is 1.58. The van der Waals surface area contributed by atoms with Crippen LogP contribution < -0.4 is 10.1 Å². The van der Waals surface area contributed by atoms with Crippen LogP contribution in [0.15, 0.2) is 102 Å². The molecule has 4 aromatic carbocycles. The molecule has 0 unspecified atom stereocenters. The molecule has 4 heteroatoms. The molecule has 1 N–H and O–H groups in total. The summed E-state index contributed by atoms with van der Waals surface area (Å²) in [4.78, 5) is 16.8. The average Bonchev–Trinajstić information content (AvgIpc) is 2.78. The van der Waals surface area contributed by atoms with Crippen LogP contribution in [0.2, 0.25) is 0 Å². The van der Waals surface area contributed by atoms with Crippen LogP contribution in [0, 0.1) is 0 Å². The third-order valence-corrected chi connectivity index (χ3v) is 4.45. The van der Waals surface area contributed by atoms with Crippen molar-refractivity contribution in [2.45, 2.75) is 0 Å². The van der Waals surface area contributed by atoms with Gasteiger partial charge in [0.25, 0.3) is 5.91 Å². The first kappa shape index (κ1) is 18.4. The zero-order chi connectivity index (χ0) is 19.9. The molecule has 29 heavy (non-hydrogen) atoms. The molecule has 142 valence electrons. The highest BCUT2D eigenvalue weighted by atomic mass is 16.5. The number of amides is 1. The first-order valence-electron chi connectivity index (χ1n) is 9.38. The lowest BCUT2D eigenvalue weighted by Crippen LogP contribution is -2.20. The molecule has 4 aromatic rings. The van der Waals surface area contributed by atoms with Gasteiger partial charge in [-0.2, -0.15) is 0 Å². The summed E-state index contributed by atoms with van der Waals surface area (Å²) < 4.78 is 5.86. The Hall–Kier alpha value is -3.92. The number of nitrogens with one attached hydrogen (secondary N) is 1. The summed E-state index contributed by atoms with van der Waals surface area (Å²) in [7, 11) is 0. The molecule has 0 heterocycles. The van der Waals surface area contributed by atoms with E-state index in [0.717, 1.165) is 27.7 Å². The van der Waals surface area contributed by atoms with Crippen LogP contribution in [0.25, 0.3) is 10.8 Å². The van der Waals surface area contributed by atoms with Crippen molar-refractivity contribution in [3.8, 4) is 5.75 Å². The van der Waals surface area contributed by atoms with Crippen LogP contribution in [0.3, 0.4) is 0 Å². The second-order valence-corrected chi connectivity index (χ2v) is 6.50. The molecule has 0 saturated heterocycles. The summed E-state index contributed by atoms with van der Waals surface area (Å²) in [6.07, 6.45) is 1.79. The van der Waals surface area contributed by atoms with Gasteiger partial charge in [0, 0.05) is 17.5 Å². The Morgan fingerprint density at radius 1 is 0.828 bits per heavy atom. The molecule has 0 saturated carbocycles. The number of nitrogens with zero attached hydrogens (tertiary/aromatic N) is 1. The van der Waals surface area contributed by atoms with Crippen LogP contribution in [-0.4, -0.2) is 18.7 Å². The quantitative estimate of drug-likeness (QED) is 0.442. The maximum atomic E-state index is 12.3. The number of anilines is 1. The fourth-order valence-electron chi connectivity index (χ4n) is 3.05. The minimum atomic E-state index is -0.213. The van der Waals surface area contributed by atoms with Gasteiger partial charge in [-0.25, -0.2) is 0 Å². The number of hydrogen-bond acceptors (Lipinski definition) is 3. The Labute approximate surface area is 169 Å². The predicted octanol–water partition coefficient (Wildman–Crippen LogP) is 5.61. The average molecular weight is 380 g/mol. The van der Waals surface area contributed by atoms with Gasteiger partial charge in [-0.05, 0) is 41.1 Å². The van der Waals surface area contributed by atoms with Gasteiger partial charge in [0.05, 0.1) is 5.69 Å². The third-order valence-electron chi connectivity index (χ3n) is 4.45. The first-order valence-corrected chi connectivity index (χ1v) is 9.38. The van der Waals surface area contributed by atoms with E-state index in [-0.39, 0.29) is 12.5 Å². The number of aliphatic imine (C=N–C) groups is 1. The largest absolute Gasteiger partial charge is 0.483 e. The van der Waals surface area contributed by atoms with E-state index in [1.807, 2.05) is 97.1 Å². The maximum Gasteiger partial charge on any atom is 0.262 e. The molecular formula is C25H20N2O2. The monoisotopic (exact) mass is 380 g/mol. The normalized spacial score (nSPS) is 10.9. The van der Waals surface area contributed by atoms with Crippen molar-refractivity contribution in [1.29, 1.82) is 0 Å². The number of ether oxygens (including phenoxy) is 1. The molecule has 0 bridgehead atoms. The third kappa shape index (κ3) is 4.68.